The first kappa shape index (κ1) is 25.1. The summed E-state index contributed by atoms with van der Waals surface area (Å²) in [7, 11) is 1.68. The minimum atomic E-state index is -0.305. The molecule has 0 saturated carbocycles. The molecule has 0 N–H and O–H groups in total. The molecule has 0 amide bonds. The molecule has 0 heterocycles. The molecular formula is C30H40O3. The number of carbonyl (C=O) groups is 1. The summed E-state index contributed by atoms with van der Waals surface area (Å²) < 4.78 is 12.0. The maximum atomic E-state index is 13.9. The number of hydrogen-bond donors (Lipinski definition) is 0. The molecule has 2 atom stereocenters. The van der Waals surface area contributed by atoms with E-state index in [1.54, 1.807) is 7.11 Å². The van der Waals surface area contributed by atoms with Crippen LogP contribution in [0.25, 0.3) is 6.08 Å². The monoisotopic (exact) mass is 448 g/mol. The van der Waals surface area contributed by atoms with Crippen molar-refractivity contribution in [2.45, 2.75) is 84.5 Å². The summed E-state index contributed by atoms with van der Waals surface area (Å²) in [5.74, 6) is 1.13. The number of unbranched alkanes of at least 4 members (excludes halogenated alkanes) is 1. The van der Waals surface area contributed by atoms with Crippen molar-refractivity contribution in [1.29, 1.82) is 0 Å². The highest BCUT2D eigenvalue weighted by atomic mass is 16.5. The van der Waals surface area contributed by atoms with E-state index < -0.39 is 0 Å². The molecule has 0 radical (unpaired) electrons. The lowest BCUT2D eigenvalue weighted by atomic mass is 9.76. The molecule has 33 heavy (non-hydrogen) atoms. The summed E-state index contributed by atoms with van der Waals surface area (Å²) in [5, 5.41) is 0. The van der Waals surface area contributed by atoms with Crippen LogP contribution in [0, 0.1) is 5.92 Å². The van der Waals surface area contributed by atoms with E-state index in [-0.39, 0.29) is 28.6 Å². The minimum absolute atomic E-state index is 0.141. The molecule has 0 aliphatic heterocycles. The van der Waals surface area contributed by atoms with Crippen LogP contribution in [0.5, 0.6) is 11.5 Å². The third kappa shape index (κ3) is 5.51. The highest BCUT2D eigenvalue weighted by Crippen LogP contribution is 2.44. The molecule has 2 aromatic carbocycles. The molecule has 2 aromatic rings. The fourth-order valence-corrected chi connectivity index (χ4v) is 4.63. The first-order valence-corrected chi connectivity index (χ1v) is 12.2. The molecule has 1 aliphatic rings. The Morgan fingerprint density at radius 2 is 1.58 bits per heavy atom. The van der Waals surface area contributed by atoms with Crippen LogP contribution in [0.2, 0.25) is 0 Å². The largest absolute Gasteiger partial charge is 0.497 e. The van der Waals surface area contributed by atoms with Crippen LogP contribution in [0.1, 0.15) is 95.9 Å². The Morgan fingerprint density at radius 1 is 0.970 bits per heavy atom. The lowest BCUT2D eigenvalue weighted by molar-refractivity contribution is -0.137. The Bertz CT molecular complexity index is 983. The van der Waals surface area contributed by atoms with E-state index in [0.717, 1.165) is 47.3 Å². The van der Waals surface area contributed by atoms with Crippen LogP contribution in [0.4, 0.5) is 0 Å². The van der Waals surface area contributed by atoms with Gasteiger partial charge in [0.2, 0.25) is 0 Å². The molecule has 3 heteroatoms. The van der Waals surface area contributed by atoms with Gasteiger partial charge in [-0.15, -0.1) is 0 Å². The Labute approximate surface area is 200 Å². The van der Waals surface area contributed by atoms with E-state index in [2.05, 4.69) is 72.8 Å². The van der Waals surface area contributed by atoms with Gasteiger partial charge in [0, 0.05) is 11.1 Å². The highest BCUT2D eigenvalue weighted by molar-refractivity contribution is 5.85. The van der Waals surface area contributed by atoms with Crippen LogP contribution in [0.15, 0.2) is 42.5 Å². The lowest BCUT2D eigenvalue weighted by Gasteiger charge is -2.32. The van der Waals surface area contributed by atoms with E-state index in [1.165, 1.54) is 0 Å². The molecule has 3 rings (SSSR count). The number of esters is 1. The van der Waals surface area contributed by atoms with E-state index in [1.807, 2.05) is 24.3 Å². The first-order chi connectivity index (χ1) is 15.5. The number of carbonyl (C=O) groups excluding carboxylic acids is 1. The predicted octanol–water partition coefficient (Wildman–Crippen LogP) is 7.81. The van der Waals surface area contributed by atoms with Gasteiger partial charge < -0.3 is 9.47 Å². The van der Waals surface area contributed by atoms with Crippen LogP contribution >= 0.6 is 0 Å². The third-order valence-electron chi connectivity index (χ3n) is 6.54. The maximum absolute atomic E-state index is 13.9. The maximum Gasteiger partial charge on any atom is 0.319 e. The molecule has 0 fully saturated rings. The fourth-order valence-electron chi connectivity index (χ4n) is 4.63. The molecule has 0 bridgehead atoms. The van der Waals surface area contributed by atoms with Crippen molar-refractivity contribution in [1.82, 2.24) is 0 Å². The average Bonchev–Trinajstić information content (AvgIpc) is 2.75. The van der Waals surface area contributed by atoms with Gasteiger partial charge in [-0.2, -0.15) is 0 Å². The molecule has 3 nitrogen and oxygen atoms in total. The molecule has 178 valence electrons. The minimum Gasteiger partial charge on any atom is -0.497 e. The Balaban J connectivity index is 2.11. The van der Waals surface area contributed by atoms with Gasteiger partial charge in [0.15, 0.2) is 0 Å². The highest BCUT2D eigenvalue weighted by Gasteiger charge is 2.36. The van der Waals surface area contributed by atoms with E-state index in [4.69, 9.17) is 9.47 Å². The molecule has 0 spiro atoms. The van der Waals surface area contributed by atoms with Crippen LogP contribution in [-0.2, 0) is 15.6 Å². The SMILES string of the molecule is CCCC[C@H]1C=Cc2ccccc2[C@@H]1C(=O)Oc1c(C(C)(C)C)cc(OC)cc1C(C)(C)C. The Hall–Kier alpha value is -2.55. The van der Waals surface area contributed by atoms with Crippen molar-refractivity contribution in [3.05, 3.63) is 64.7 Å². The summed E-state index contributed by atoms with van der Waals surface area (Å²) in [4.78, 5) is 13.9. The van der Waals surface area contributed by atoms with Crippen LogP contribution < -0.4 is 9.47 Å². The topological polar surface area (TPSA) is 35.5 Å². The second-order valence-electron chi connectivity index (χ2n) is 11.2. The van der Waals surface area contributed by atoms with Gasteiger partial charge in [-0.25, -0.2) is 0 Å². The zero-order chi connectivity index (χ0) is 24.4. The molecule has 1 aliphatic carbocycles. The summed E-state index contributed by atoms with van der Waals surface area (Å²) >= 11 is 0. The first-order valence-electron chi connectivity index (χ1n) is 12.2. The van der Waals surface area contributed by atoms with Gasteiger partial charge in [0.1, 0.15) is 11.5 Å². The van der Waals surface area contributed by atoms with Crippen molar-refractivity contribution in [3.63, 3.8) is 0 Å². The average molecular weight is 449 g/mol. The number of allylic oxidation sites excluding steroid dienone is 1. The van der Waals surface area contributed by atoms with Crippen molar-refractivity contribution < 1.29 is 14.3 Å². The van der Waals surface area contributed by atoms with Crippen LogP contribution in [-0.4, -0.2) is 13.1 Å². The second kappa shape index (κ2) is 9.75. The van der Waals surface area contributed by atoms with E-state index >= 15 is 0 Å². The Kier molecular flexibility index (Phi) is 7.41. The number of hydrogen-bond acceptors (Lipinski definition) is 3. The summed E-state index contributed by atoms with van der Waals surface area (Å²) in [6.45, 7) is 15.1. The van der Waals surface area contributed by atoms with Gasteiger partial charge in [0.25, 0.3) is 0 Å². The number of fused-ring (bicyclic) bond motifs is 1. The summed E-state index contributed by atoms with van der Waals surface area (Å²) in [6, 6.07) is 12.2. The second-order valence-corrected chi connectivity index (χ2v) is 11.2. The van der Waals surface area contributed by atoms with Crippen molar-refractivity contribution in [2.24, 2.45) is 5.92 Å². The quantitative estimate of drug-likeness (QED) is 0.334. The third-order valence-corrected chi connectivity index (χ3v) is 6.54. The standard InChI is InChI=1S/C30H40O3/c1-9-10-13-21-17-16-20-14-11-12-15-23(20)26(21)28(31)33-27-24(29(2,3)4)18-22(32-8)19-25(27)30(5,6)7/h11-12,14-19,21,26H,9-10,13H2,1-8H3/t21-,26+/m0/s1. The predicted molar refractivity (Wildman–Crippen MR) is 137 cm³/mol. The number of benzene rings is 2. The number of methoxy groups -OCH3 is 1. The van der Waals surface area contributed by atoms with Gasteiger partial charge in [-0.3, -0.25) is 4.79 Å². The zero-order valence-electron chi connectivity index (χ0n) is 21.6. The number of ether oxygens (including phenoxy) is 2. The molecule has 0 saturated heterocycles. The fraction of sp³-hybridized carbons (Fsp3) is 0.500. The molecule has 0 aromatic heterocycles. The summed E-state index contributed by atoms with van der Waals surface area (Å²) in [6.07, 6.45) is 7.53. The number of rotatable bonds is 6. The molecular weight excluding hydrogens is 408 g/mol. The van der Waals surface area contributed by atoms with Gasteiger partial charge in [-0.05, 0) is 46.4 Å². The van der Waals surface area contributed by atoms with Gasteiger partial charge >= 0.3 is 5.97 Å². The smallest absolute Gasteiger partial charge is 0.319 e. The normalized spacial score (nSPS) is 18.1. The van der Waals surface area contributed by atoms with Gasteiger partial charge in [0.05, 0.1) is 13.0 Å². The summed E-state index contributed by atoms with van der Waals surface area (Å²) in [5.41, 5.74) is 3.73. The van der Waals surface area contributed by atoms with E-state index in [9.17, 15) is 4.79 Å². The van der Waals surface area contributed by atoms with Gasteiger partial charge in [-0.1, -0.05) is 97.7 Å². The zero-order valence-corrected chi connectivity index (χ0v) is 21.6. The Morgan fingerprint density at radius 3 is 2.12 bits per heavy atom. The lowest BCUT2D eigenvalue weighted by Crippen LogP contribution is -2.30. The van der Waals surface area contributed by atoms with E-state index in [0.29, 0.717) is 5.75 Å². The molecule has 0 unspecified atom stereocenters. The van der Waals surface area contributed by atoms with Crippen molar-refractivity contribution >= 4 is 12.0 Å². The van der Waals surface area contributed by atoms with Crippen molar-refractivity contribution in [3.8, 4) is 11.5 Å². The van der Waals surface area contributed by atoms with Crippen LogP contribution in [0.3, 0.4) is 0 Å². The van der Waals surface area contributed by atoms with Crippen molar-refractivity contribution in [2.75, 3.05) is 7.11 Å².